The number of aromatic nitrogens is 3. The number of fused-ring (bicyclic) bond motifs is 1. The highest BCUT2D eigenvalue weighted by Gasteiger charge is 2.28. The monoisotopic (exact) mass is 341 g/mol. The predicted octanol–water partition coefficient (Wildman–Crippen LogP) is 4.68. The molecule has 3 nitrogen and oxygen atoms in total. The lowest BCUT2D eigenvalue weighted by atomic mass is 9.89. The number of halogens is 2. The average Bonchev–Trinajstić information content (AvgIpc) is 2.96. The van der Waals surface area contributed by atoms with Crippen molar-refractivity contribution >= 4 is 33.2 Å². The molecule has 5 heteroatoms. The molecule has 2 aromatic heterocycles. The Labute approximate surface area is 126 Å². The zero-order valence-corrected chi connectivity index (χ0v) is 13.4. The molecule has 2 aromatic rings. The second-order valence-corrected chi connectivity index (χ2v) is 6.94. The summed E-state index contributed by atoms with van der Waals surface area (Å²) in [5.41, 5.74) is 1.89. The molecule has 1 fully saturated rings. The summed E-state index contributed by atoms with van der Waals surface area (Å²) in [6, 6.07) is 1.96. The third-order valence-corrected chi connectivity index (χ3v) is 5.14. The van der Waals surface area contributed by atoms with Gasteiger partial charge in [-0.1, -0.05) is 31.9 Å². The van der Waals surface area contributed by atoms with Crippen molar-refractivity contribution < 1.29 is 0 Å². The number of rotatable bonds is 2. The van der Waals surface area contributed by atoms with E-state index < -0.39 is 0 Å². The highest BCUT2D eigenvalue weighted by atomic mass is 79.9. The summed E-state index contributed by atoms with van der Waals surface area (Å²) >= 11 is 9.77. The van der Waals surface area contributed by atoms with Crippen LogP contribution in [0.3, 0.4) is 0 Å². The fourth-order valence-corrected chi connectivity index (χ4v) is 3.68. The quantitative estimate of drug-likeness (QED) is 0.741. The van der Waals surface area contributed by atoms with Gasteiger partial charge in [-0.3, -0.25) is 0 Å². The molecule has 3 atom stereocenters. The topological polar surface area (TPSA) is 30.2 Å². The van der Waals surface area contributed by atoms with Crippen molar-refractivity contribution in [3.05, 3.63) is 27.6 Å². The SMILES string of the molecule is CC1CCC(C(C)c2cc(Cl)n3ncc(Br)c3n2)C1. The second kappa shape index (κ2) is 5.06. The van der Waals surface area contributed by atoms with E-state index in [1.807, 2.05) is 6.07 Å². The first-order chi connectivity index (χ1) is 9.06. The van der Waals surface area contributed by atoms with Crippen molar-refractivity contribution in [1.29, 1.82) is 0 Å². The zero-order valence-electron chi connectivity index (χ0n) is 11.1. The van der Waals surface area contributed by atoms with Gasteiger partial charge in [0.25, 0.3) is 0 Å². The largest absolute Gasteiger partial charge is 0.232 e. The van der Waals surface area contributed by atoms with Gasteiger partial charge in [0.05, 0.1) is 10.7 Å². The van der Waals surface area contributed by atoms with Crippen LogP contribution in [0.15, 0.2) is 16.7 Å². The van der Waals surface area contributed by atoms with Crippen molar-refractivity contribution in [3.63, 3.8) is 0 Å². The van der Waals surface area contributed by atoms with Crippen LogP contribution >= 0.6 is 27.5 Å². The molecule has 102 valence electrons. The van der Waals surface area contributed by atoms with E-state index in [1.54, 1.807) is 10.7 Å². The van der Waals surface area contributed by atoms with Gasteiger partial charge in [-0.2, -0.15) is 5.10 Å². The number of hydrogen-bond donors (Lipinski definition) is 0. The molecule has 2 heterocycles. The van der Waals surface area contributed by atoms with Crippen LogP contribution < -0.4 is 0 Å². The average molecular weight is 343 g/mol. The van der Waals surface area contributed by atoms with Crippen molar-refractivity contribution in [2.45, 2.75) is 39.0 Å². The molecule has 1 aliphatic rings. The molecule has 3 rings (SSSR count). The molecular formula is C14H17BrClN3. The van der Waals surface area contributed by atoms with Crippen molar-refractivity contribution in [1.82, 2.24) is 14.6 Å². The van der Waals surface area contributed by atoms with Gasteiger partial charge in [0.2, 0.25) is 0 Å². The lowest BCUT2D eigenvalue weighted by Crippen LogP contribution is -2.10. The third-order valence-electron chi connectivity index (χ3n) is 4.31. The van der Waals surface area contributed by atoms with Gasteiger partial charge >= 0.3 is 0 Å². The van der Waals surface area contributed by atoms with Crippen molar-refractivity contribution in [3.8, 4) is 0 Å². The smallest absolute Gasteiger partial charge is 0.171 e. The Morgan fingerprint density at radius 3 is 2.95 bits per heavy atom. The van der Waals surface area contributed by atoms with Gasteiger partial charge < -0.3 is 0 Å². The van der Waals surface area contributed by atoms with E-state index in [9.17, 15) is 0 Å². The maximum Gasteiger partial charge on any atom is 0.171 e. The molecule has 0 N–H and O–H groups in total. The Bertz CT molecular complexity index is 610. The maximum absolute atomic E-state index is 6.29. The Morgan fingerprint density at radius 2 is 2.26 bits per heavy atom. The van der Waals surface area contributed by atoms with Gasteiger partial charge in [0.15, 0.2) is 5.65 Å². The minimum absolute atomic E-state index is 0.453. The summed E-state index contributed by atoms with van der Waals surface area (Å²) in [5.74, 6) is 2.02. The standard InChI is InChI=1S/C14H17BrClN3/c1-8-3-4-10(5-8)9(2)12-6-13(16)19-14(18-12)11(15)7-17-19/h6-10H,3-5H2,1-2H3. The van der Waals surface area contributed by atoms with Gasteiger partial charge in [-0.15, -0.1) is 0 Å². The molecule has 19 heavy (non-hydrogen) atoms. The second-order valence-electron chi connectivity index (χ2n) is 5.70. The lowest BCUT2D eigenvalue weighted by Gasteiger charge is -2.19. The normalized spacial score (nSPS) is 25.1. The van der Waals surface area contributed by atoms with E-state index in [0.717, 1.165) is 27.6 Å². The summed E-state index contributed by atoms with van der Waals surface area (Å²) in [4.78, 5) is 4.73. The summed E-state index contributed by atoms with van der Waals surface area (Å²) in [7, 11) is 0. The van der Waals surface area contributed by atoms with Gasteiger partial charge in [0.1, 0.15) is 5.15 Å². The summed E-state index contributed by atoms with van der Waals surface area (Å²) < 4.78 is 2.56. The first-order valence-electron chi connectivity index (χ1n) is 6.76. The minimum Gasteiger partial charge on any atom is -0.232 e. The molecule has 0 radical (unpaired) electrons. The zero-order chi connectivity index (χ0) is 13.6. The third kappa shape index (κ3) is 2.40. The van der Waals surface area contributed by atoms with Crippen LogP contribution in [0.4, 0.5) is 0 Å². The molecule has 1 aliphatic carbocycles. The van der Waals surface area contributed by atoms with Crippen LogP contribution in [0, 0.1) is 11.8 Å². The van der Waals surface area contributed by atoms with Crippen LogP contribution in [-0.2, 0) is 0 Å². The van der Waals surface area contributed by atoms with Crippen LogP contribution in [0.1, 0.15) is 44.7 Å². The van der Waals surface area contributed by atoms with E-state index in [0.29, 0.717) is 11.1 Å². The maximum atomic E-state index is 6.29. The van der Waals surface area contributed by atoms with Crippen molar-refractivity contribution in [2.75, 3.05) is 0 Å². The van der Waals surface area contributed by atoms with E-state index in [2.05, 4.69) is 34.9 Å². The molecular weight excluding hydrogens is 326 g/mol. The summed E-state index contributed by atoms with van der Waals surface area (Å²) in [6.07, 6.45) is 5.67. The molecule has 0 aliphatic heterocycles. The van der Waals surface area contributed by atoms with Crippen LogP contribution in [0.25, 0.3) is 5.65 Å². The molecule has 0 saturated heterocycles. The molecule has 0 spiro atoms. The van der Waals surface area contributed by atoms with E-state index in [-0.39, 0.29) is 0 Å². The van der Waals surface area contributed by atoms with E-state index in [1.165, 1.54) is 19.3 Å². The Morgan fingerprint density at radius 1 is 1.47 bits per heavy atom. The van der Waals surface area contributed by atoms with E-state index in [4.69, 9.17) is 16.6 Å². The highest BCUT2D eigenvalue weighted by Crippen LogP contribution is 2.40. The Kier molecular flexibility index (Phi) is 3.56. The highest BCUT2D eigenvalue weighted by molar-refractivity contribution is 9.10. The molecule has 3 unspecified atom stereocenters. The summed E-state index contributed by atoms with van der Waals surface area (Å²) in [6.45, 7) is 4.60. The van der Waals surface area contributed by atoms with Gasteiger partial charge in [0, 0.05) is 11.6 Å². The summed E-state index contributed by atoms with van der Waals surface area (Å²) in [5, 5.41) is 4.83. The molecule has 0 bridgehead atoms. The minimum atomic E-state index is 0.453. The molecule has 1 saturated carbocycles. The Hall–Kier alpha value is -0.610. The van der Waals surface area contributed by atoms with Gasteiger partial charge in [-0.05, 0) is 46.7 Å². The van der Waals surface area contributed by atoms with Crippen LogP contribution in [-0.4, -0.2) is 14.6 Å². The molecule has 0 amide bonds. The van der Waals surface area contributed by atoms with Crippen LogP contribution in [0.5, 0.6) is 0 Å². The van der Waals surface area contributed by atoms with Gasteiger partial charge in [-0.25, -0.2) is 9.50 Å². The fourth-order valence-electron chi connectivity index (χ4n) is 3.10. The first kappa shape index (κ1) is 13.4. The first-order valence-corrected chi connectivity index (χ1v) is 7.93. The lowest BCUT2D eigenvalue weighted by molar-refractivity contribution is 0.436. The van der Waals surface area contributed by atoms with Crippen molar-refractivity contribution in [2.24, 2.45) is 11.8 Å². The number of nitrogens with zero attached hydrogens (tertiary/aromatic N) is 3. The number of hydrogen-bond acceptors (Lipinski definition) is 2. The molecule has 0 aromatic carbocycles. The predicted molar refractivity (Wildman–Crippen MR) is 80.6 cm³/mol. The van der Waals surface area contributed by atoms with Crippen LogP contribution in [0.2, 0.25) is 5.15 Å². The van der Waals surface area contributed by atoms with E-state index >= 15 is 0 Å². The fraction of sp³-hybridized carbons (Fsp3) is 0.571. The Balaban J connectivity index is 1.98.